The number of methoxy groups -OCH3 is 1. The van der Waals surface area contributed by atoms with Crippen LogP contribution in [-0.4, -0.2) is 38.7 Å². The van der Waals surface area contributed by atoms with Gasteiger partial charge in [-0.05, 0) is 26.7 Å². The molecule has 0 aliphatic carbocycles. The number of esters is 1. The number of hydrogen-bond acceptors (Lipinski definition) is 3. The zero-order chi connectivity index (χ0) is 13.1. The molecule has 0 aromatic rings. The maximum atomic E-state index is 10.9. The van der Waals surface area contributed by atoms with E-state index in [1.807, 2.05) is 0 Å². The second kappa shape index (κ2) is 12.9. The van der Waals surface area contributed by atoms with Crippen molar-refractivity contribution < 1.29 is 9.53 Å². The number of carbonyl (C=O) groups excluding carboxylic acids is 1. The summed E-state index contributed by atoms with van der Waals surface area (Å²) in [5.74, 6) is 0.697. The van der Waals surface area contributed by atoms with E-state index in [4.69, 9.17) is 0 Å². The molecular formula is C12H26IN3O2. The molecule has 0 aliphatic rings. The summed E-state index contributed by atoms with van der Waals surface area (Å²) in [6.07, 6.45) is 3.43. The molecule has 0 saturated carbocycles. The minimum atomic E-state index is -0.129. The highest BCUT2D eigenvalue weighted by Crippen LogP contribution is 1.99. The first kappa shape index (κ1) is 19.8. The molecule has 0 aliphatic heterocycles. The summed E-state index contributed by atoms with van der Waals surface area (Å²) in [6, 6.07) is 0.375. The van der Waals surface area contributed by atoms with Crippen LogP contribution in [0.25, 0.3) is 0 Å². The van der Waals surface area contributed by atoms with E-state index in [0.29, 0.717) is 12.5 Å². The first-order chi connectivity index (χ1) is 8.10. The standard InChI is InChI=1S/C12H25N3O2.HI/c1-10(2)15-12(13-3)14-9-7-5-6-8-11(16)17-4;/h10H,5-9H2,1-4H3,(H2,13,14,15);1H. The zero-order valence-electron chi connectivity index (χ0n) is 11.8. The number of carbonyl (C=O) groups is 1. The highest BCUT2D eigenvalue weighted by Gasteiger charge is 2.00. The lowest BCUT2D eigenvalue weighted by molar-refractivity contribution is -0.140. The van der Waals surface area contributed by atoms with E-state index in [2.05, 4.69) is 34.2 Å². The summed E-state index contributed by atoms with van der Waals surface area (Å²) in [7, 11) is 3.18. The van der Waals surface area contributed by atoms with Crippen molar-refractivity contribution in [3.05, 3.63) is 0 Å². The number of guanidine groups is 1. The molecule has 0 aromatic carbocycles. The van der Waals surface area contributed by atoms with Crippen molar-refractivity contribution >= 4 is 35.9 Å². The number of aliphatic imine (C=N–C) groups is 1. The Balaban J connectivity index is 0. The molecule has 6 heteroatoms. The van der Waals surface area contributed by atoms with Gasteiger partial charge in [-0.25, -0.2) is 0 Å². The lowest BCUT2D eigenvalue weighted by atomic mass is 10.2. The largest absolute Gasteiger partial charge is 0.469 e. The van der Waals surface area contributed by atoms with Crippen LogP contribution in [0.1, 0.15) is 39.5 Å². The average molecular weight is 371 g/mol. The van der Waals surface area contributed by atoms with Crippen LogP contribution < -0.4 is 10.6 Å². The Kier molecular flexibility index (Phi) is 14.2. The van der Waals surface area contributed by atoms with Crippen molar-refractivity contribution in [3.63, 3.8) is 0 Å². The molecule has 0 aromatic heterocycles. The van der Waals surface area contributed by atoms with Crippen LogP contribution >= 0.6 is 24.0 Å². The highest BCUT2D eigenvalue weighted by atomic mass is 127. The molecule has 5 nitrogen and oxygen atoms in total. The third kappa shape index (κ3) is 11.9. The molecule has 0 saturated heterocycles. The quantitative estimate of drug-likeness (QED) is 0.236. The molecule has 108 valence electrons. The maximum Gasteiger partial charge on any atom is 0.305 e. The predicted octanol–water partition coefficient (Wildman–Crippen LogP) is 1.91. The van der Waals surface area contributed by atoms with Gasteiger partial charge in [0.2, 0.25) is 0 Å². The van der Waals surface area contributed by atoms with Gasteiger partial charge in [0, 0.05) is 26.1 Å². The molecular weight excluding hydrogens is 345 g/mol. The van der Waals surface area contributed by atoms with Gasteiger partial charge < -0.3 is 15.4 Å². The second-order valence-electron chi connectivity index (χ2n) is 4.18. The Labute approximate surface area is 127 Å². The first-order valence-electron chi connectivity index (χ1n) is 6.14. The number of hydrogen-bond donors (Lipinski definition) is 2. The van der Waals surface area contributed by atoms with E-state index < -0.39 is 0 Å². The molecule has 0 fully saturated rings. The van der Waals surface area contributed by atoms with Gasteiger partial charge in [0.1, 0.15) is 0 Å². The van der Waals surface area contributed by atoms with Gasteiger partial charge in [-0.1, -0.05) is 6.42 Å². The topological polar surface area (TPSA) is 62.7 Å². The SMILES string of the molecule is CN=C(NCCCCCC(=O)OC)NC(C)C.I. The number of nitrogens with one attached hydrogen (secondary N) is 2. The third-order valence-corrected chi connectivity index (χ3v) is 2.23. The Morgan fingerprint density at radius 1 is 1.28 bits per heavy atom. The molecule has 0 unspecified atom stereocenters. The molecule has 0 atom stereocenters. The van der Waals surface area contributed by atoms with Crippen LogP contribution in [0, 0.1) is 0 Å². The molecule has 0 spiro atoms. The lowest BCUT2D eigenvalue weighted by Gasteiger charge is -2.14. The fraction of sp³-hybridized carbons (Fsp3) is 0.833. The number of halogens is 1. The van der Waals surface area contributed by atoms with Crippen molar-refractivity contribution in [2.45, 2.75) is 45.6 Å². The van der Waals surface area contributed by atoms with Crippen LogP contribution in [-0.2, 0) is 9.53 Å². The predicted molar refractivity (Wildman–Crippen MR) is 85.5 cm³/mol. The third-order valence-electron chi connectivity index (χ3n) is 2.23. The second-order valence-corrected chi connectivity index (χ2v) is 4.18. The molecule has 0 heterocycles. The maximum absolute atomic E-state index is 10.9. The lowest BCUT2D eigenvalue weighted by Crippen LogP contribution is -2.41. The number of unbranched alkanes of at least 4 members (excludes halogenated alkanes) is 2. The summed E-state index contributed by atoms with van der Waals surface area (Å²) in [5.41, 5.74) is 0. The fourth-order valence-corrected chi connectivity index (χ4v) is 1.35. The zero-order valence-corrected chi connectivity index (χ0v) is 14.1. The van der Waals surface area contributed by atoms with Crippen molar-refractivity contribution in [2.75, 3.05) is 20.7 Å². The number of ether oxygens (including phenoxy) is 1. The van der Waals surface area contributed by atoms with Crippen molar-refractivity contribution in [2.24, 2.45) is 4.99 Å². The summed E-state index contributed by atoms with van der Waals surface area (Å²) in [6.45, 7) is 5.01. The normalized spacial score (nSPS) is 10.8. The van der Waals surface area contributed by atoms with Gasteiger partial charge in [-0.2, -0.15) is 0 Å². The summed E-state index contributed by atoms with van der Waals surface area (Å²) in [4.78, 5) is 15.0. The average Bonchev–Trinajstić information content (AvgIpc) is 2.30. The van der Waals surface area contributed by atoms with E-state index in [-0.39, 0.29) is 29.9 Å². The van der Waals surface area contributed by atoms with Crippen LogP contribution in [0.15, 0.2) is 4.99 Å². The summed E-state index contributed by atoms with van der Waals surface area (Å²) in [5, 5.41) is 6.44. The van der Waals surface area contributed by atoms with E-state index in [0.717, 1.165) is 31.8 Å². The number of nitrogens with zero attached hydrogens (tertiary/aromatic N) is 1. The fourth-order valence-electron chi connectivity index (χ4n) is 1.35. The molecule has 0 rings (SSSR count). The molecule has 2 N–H and O–H groups in total. The van der Waals surface area contributed by atoms with E-state index in [9.17, 15) is 4.79 Å². The van der Waals surface area contributed by atoms with Gasteiger partial charge in [-0.3, -0.25) is 9.79 Å². The summed E-state index contributed by atoms with van der Waals surface area (Å²) >= 11 is 0. The van der Waals surface area contributed by atoms with Crippen LogP contribution in [0.2, 0.25) is 0 Å². The minimum absolute atomic E-state index is 0. The summed E-state index contributed by atoms with van der Waals surface area (Å²) < 4.78 is 4.57. The Morgan fingerprint density at radius 3 is 2.44 bits per heavy atom. The van der Waals surface area contributed by atoms with Gasteiger partial charge in [0.05, 0.1) is 7.11 Å². The Morgan fingerprint density at radius 2 is 1.94 bits per heavy atom. The smallest absolute Gasteiger partial charge is 0.305 e. The van der Waals surface area contributed by atoms with Crippen LogP contribution in [0.4, 0.5) is 0 Å². The monoisotopic (exact) mass is 371 g/mol. The van der Waals surface area contributed by atoms with Gasteiger partial charge in [0.25, 0.3) is 0 Å². The van der Waals surface area contributed by atoms with Crippen molar-refractivity contribution in [1.29, 1.82) is 0 Å². The minimum Gasteiger partial charge on any atom is -0.469 e. The van der Waals surface area contributed by atoms with Gasteiger partial charge >= 0.3 is 5.97 Å². The molecule has 0 amide bonds. The number of rotatable bonds is 7. The molecule has 0 bridgehead atoms. The van der Waals surface area contributed by atoms with E-state index >= 15 is 0 Å². The molecule has 0 radical (unpaired) electrons. The Bertz CT molecular complexity index is 245. The Hall–Kier alpha value is -0.530. The van der Waals surface area contributed by atoms with Crippen molar-refractivity contribution in [3.8, 4) is 0 Å². The van der Waals surface area contributed by atoms with Crippen LogP contribution in [0.5, 0.6) is 0 Å². The first-order valence-corrected chi connectivity index (χ1v) is 6.14. The van der Waals surface area contributed by atoms with Gasteiger partial charge in [-0.15, -0.1) is 24.0 Å². The molecule has 18 heavy (non-hydrogen) atoms. The van der Waals surface area contributed by atoms with E-state index in [1.54, 1.807) is 7.05 Å². The van der Waals surface area contributed by atoms with Crippen molar-refractivity contribution in [1.82, 2.24) is 10.6 Å². The van der Waals surface area contributed by atoms with E-state index in [1.165, 1.54) is 7.11 Å². The van der Waals surface area contributed by atoms with Gasteiger partial charge in [0.15, 0.2) is 5.96 Å². The highest BCUT2D eigenvalue weighted by molar-refractivity contribution is 14.0. The van der Waals surface area contributed by atoms with Crippen LogP contribution in [0.3, 0.4) is 0 Å².